The predicted octanol–water partition coefficient (Wildman–Crippen LogP) is 12.3. The van der Waals surface area contributed by atoms with Crippen molar-refractivity contribution >= 4 is 17.1 Å². The van der Waals surface area contributed by atoms with E-state index in [-0.39, 0.29) is 62.1 Å². The van der Waals surface area contributed by atoms with Gasteiger partial charge in [0, 0.05) is 32.9 Å². The van der Waals surface area contributed by atoms with Crippen LogP contribution in [0.15, 0.2) is 54.6 Å². The maximum absolute atomic E-state index is 11.9. The van der Waals surface area contributed by atoms with Crippen molar-refractivity contribution in [3.05, 3.63) is 71.3 Å². The second kappa shape index (κ2) is 13.6. The van der Waals surface area contributed by atoms with Crippen LogP contribution in [0.1, 0.15) is 132 Å². The average Bonchev–Trinajstić information content (AvgIpc) is 3.22. The van der Waals surface area contributed by atoms with Crippen molar-refractivity contribution in [2.45, 2.75) is 132 Å². The highest BCUT2D eigenvalue weighted by molar-refractivity contribution is 5.74. The number of hydrogen-bond acceptors (Lipinski definition) is 9. The first-order chi connectivity index (χ1) is 30.4. The van der Waals surface area contributed by atoms with E-state index in [9.17, 15) is 15.3 Å². The van der Waals surface area contributed by atoms with E-state index >= 15 is 0 Å². The van der Waals surface area contributed by atoms with Crippen molar-refractivity contribution in [1.82, 2.24) is 0 Å². The van der Waals surface area contributed by atoms with Crippen LogP contribution in [0, 0.1) is 53.3 Å². The van der Waals surface area contributed by atoms with E-state index < -0.39 is 0 Å². The summed E-state index contributed by atoms with van der Waals surface area (Å²) in [6.07, 6.45) is 20.8. The number of ether oxygens (including phenoxy) is 3. The number of phenolic OH excluding ortho intramolecular Hbond substituents is 3. The Bertz CT molecular complexity index is 2440. The van der Waals surface area contributed by atoms with Crippen LogP contribution in [-0.4, -0.2) is 15.3 Å². The minimum absolute atomic E-state index is 0.0530. The minimum Gasteiger partial charge on any atom is -0.503 e. The summed E-state index contributed by atoms with van der Waals surface area (Å²) < 4.78 is 22.7. The molecule has 12 bridgehead atoms. The molecule has 0 amide bonds. The zero-order valence-corrected chi connectivity index (χ0v) is 36.4. The Morgan fingerprint density at radius 2 is 0.587 bits per heavy atom. The molecule has 63 heavy (non-hydrogen) atoms. The number of nitrogens with two attached hydrogens (primary N) is 3. The molecule has 9 nitrogen and oxygen atoms in total. The van der Waals surface area contributed by atoms with Gasteiger partial charge in [-0.05, 0) is 205 Å². The number of benzene rings is 4. The van der Waals surface area contributed by atoms with Crippen LogP contribution >= 0.6 is 0 Å². The quantitative estimate of drug-likeness (QED) is 0.0710. The molecule has 9 heteroatoms. The molecule has 0 atom stereocenters. The summed E-state index contributed by atoms with van der Waals surface area (Å²) >= 11 is 0. The van der Waals surface area contributed by atoms with Crippen molar-refractivity contribution in [1.29, 1.82) is 0 Å². The highest BCUT2D eigenvalue weighted by atomic mass is 16.5. The standard InChI is InChI=1S/C54H63N3O6/c55-37-4-1-7-40(46(37)58)61-49-43(52-19-28-10-29(20-52)12-30(11-28)21-52)44(53-22-31-13-32(23-53)15-33(14-31)24-53)50(62-41-8-2-5-38(56)47(41)59)51(63-42-9-3-6-39(57)48(42)60)45(49)54-25-34-16-35(26-54)18-36(17-34)27-54/h1-9,28-36,58-60H,10-27,55-57H2. The van der Waals surface area contributed by atoms with Crippen LogP contribution in [0.2, 0.25) is 0 Å². The molecule has 12 saturated carbocycles. The lowest BCUT2D eigenvalue weighted by Crippen LogP contribution is -2.53. The molecule has 12 aliphatic rings. The first-order valence-corrected chi connectivity index (χ1v) is 24.4. The Morgan fingerprint density at radius 1 is 0.349 bits per heavy atom. The topological polar surface area (TPSA) is 166 Å². The van der Waals surface area contributed by atoms with E-state index in [1.165, 1.54) is 68.9 Å². The van der Waals surface area contributed by atoms with Crippen molar-refractivity contribution < 1.29 is 29.5 Å². The summed E-state index contributed by atoms with van der Waals surface area (Å²) in [4.78, 5) is 0. The number of para-hydroxylation sites is 3. The Kier molecular flexibility index (Phi) is 8.29. The van der Waals surface area contributed by atoms with Gasteiger partial charge in [0.05, 0.1) is 17.1 Å². The predicted molar refractivity (Wildman–Crippen MR) is 244 cm³/mol. The third-order valence-electron chi connectivity index (χ3n) is 18.8. The molecule has 0 aliphatic heterocycles. The molecule has 0 spiro atoms. The van der Waals surface area contributed by atoms with E-state index in [2.05, 4.69) is 0 Å². The highest BCUT2D eigenvalue weighted by Crippen LogP contribution is 2.73. The molecule has 0 aromatic heterocycles. The third-order valence-corrected chi connectivity index (χ3v) is 18.8. The molecular formula is C54H63N3O6. The first kappa shape index (κ1) is 38.5. The van der Waals surface area contributed by atoms with Gasteiger partial charge >= 0.3 is 0 Å². The number of phenols is 3. The van der Waals surface area contributed by atoms with Crippen molar-refractivity contribution in [2.24, 2.45) is 53.3 Å². The molecule has 12 aliphatic carbocycles. The largest absolute Gasteiger partial charge is 0.503 e. The van der Waals surface area contributed by atoms with Crippen molar-refractivity contribution in [3.63, 3.8) is 0 Å². The Morgan fingerprint density at radius 3 is 0.889 bits per heavy atom. The zero-order valence-electron chi connectivity index (χ0n) is 36.4. The second-order valence-electron chi connectivity index (χ2n) is 23.1. The highest BCUT2D eigenvalue weighted by Gasteiger charge is 2.62. The monoisotopic (exact) mass is 849 g/mol. The fourth-order valence-electron chi connectivity index (χ4n) is 17.9. The molecule has 0 unspecified atom stereocenters. The number of nitrogen functional groups attached to an aromatic ring is 3. The van der Waals surface area contributed by atoms with E-state index in [0.29, 0.717) is 70.5 Å². The fraction of sp³-hybridized carbons (Fsp3) is 0.556. The van der Waals surface area contributed by atoms with Gasteiger partial charge in [-0.25, -0.2) is 0 Å². The van der Waals surface area contributed by atoms with Crippen LogP contribution in [0.4, 0.5) is 17.1 Å². The molecule has 4 aromatic rings. The minimum atomic E-state index is -0.335. The van der Waals surface area contributed by atoms with E-state index in [1.54, 1.807) is 24.3 Å². The SMILES string of the molecule is Nc1cccc(Oc2c(Oc3cccc(N)c3O)c(C34CC5CC(CC(C5)C3)C4)c(C34CC5CC(CC(C5)C3)C4)c(Oc3cccc(N)c3O)c2C23CC4CC(CC(C4)C2)C3)c1O. The van der Waals surface area contributed by atoms with Crippen LogP contribution in [0.5, 0.6) is 51.7 Å². The Hall–Kier alpha value is -4.92. The van der Waals surface area contributed by atoms with Crippen molar-refractivity contribution in [2.75, 3.05) is 17.2 Å². The van der Waals surface area contributed by atoms with Gasteiger partial charge in [0.1, 0.15) is 5.75 Å². The molecule has 330 valence electrons. The molecule has 12 fully saturated rings. The summed E-state index contributed by atoms with van der Waals surface area (Å²) in [5, 5.41) is 35.5. The van der Waals surface area contributed by atoms with E-state index in [0.717, 1.165) is 69.1 Å². The molecule has 0 saturated heterocycles. The number of hydrogen-bond donors (Lipinski definition) is 6. The van der Waals surface area contributed by atoms with Crippen LogP contribution in [0.3, 0.4) is 0 Å². The number of rotatable bonds is 9. The lowest BCUT2D eigenvalue weighted by atomic mass is 9.43. The normalized spacial score (nSPS) is 37.4. The molecule has 0 heterocycles. The van der Waals surface area contributed by atoms with Crippen molar-refractivity contribution in [3.8, 4) is 51.7 Å². The van der Waals surface area contributed by atoms with Gasteiger partial charge in [-0.3, -0.25) is 0 Å². The average molecular weight is 850 g/mol. The summed E-state index contributed by atoms with van der Waals surface area (Å²) in [7, 11) is 0. The molecular weight excluding hydrogens is 787 g/mol. The maximum Gasteiger partial charge on any atom is 0.181 e. The lowest BCUT2D eigenvalue weighted by Gasteiger charge is -2.62. The third kappa shape index (κ3) is 5.85. The fourth-order valence-corrected chi connectivity index (χ4v) is 17.9. The van der Waals surface area contributed by atoms with Gasteiger partial charge in [0.15, 0.2) is 46.0 Å². The lowest BCUT2D eigenvalue weighted by molar-refractivity contribution is -0.0205. The summed E-state index contributed by atoms with van der Waals surface area (Å²) in [5.41, 5.74) is 22.9. The van der Waals surface area contributed by atoms with Gasteiger partial charge in [0.25, 0.3) is 0 Å². The second-order valence-corrected chi connectivity index (χ2v) is 23.1. The van der Waals surface area contributed by atoms with E-state index in [4.69, 9.17) is 31.4 Å². The van der Waals surface area contributed by atoms with Gasteiger partial charge in [0.2, 0.25) is 0 Å². The van der Waals surface area contributed by atoms with Crippen LogP contribution in [-0.2, 0) is 16.2 Å². The molecule has 4 aromatic carbocycles. The maximum atomic E-state index is 11.9. The van der Waals surface area contributed by atoms with Gasteiger partial charge in [-0.2, -0.15) is 0 Å². The number of anilines is 3. The smallest absolute Gasteiger partial charge is 0.181 e. The Balaban J connectivity index is 1.20. The number of aromatic hydroxyl groups is 3. The van der Waals surface area contributed by atoms with Crippen LogP contribution in [0.25, 0.3) is 0 Å². The van der Waals surface area contributed by atoms with Crippen LogP contribution < -0.4 is 31.4 Å². The van der Waals surface area contributed by atoms with Gasteiger partial charge in [-0.15, -0.1) is 0 Å². The molecule has 0 radical (unpaired) electrons. The summed E-state index contributed by atoms with van der Waals surface area (Å²) in [6, 6.07) is 16.2. The zero-order chi connectivity index (χ0) is 42.6. The Labute approximate surface area is 370 Å². The molecule has 9 N–H and O–H groups in total. The summed E-state index contributed by atoms with van der Waals surface area (Å²) in [5.74, 6) is 8.11. The summed E-state index contributed by atoms with van der Waals surface area (Å²) in [6.45, 7) is 0. The van der Waals surface area contributed by atoms with Gasteiger partial charge in [-0.1, -0.05) is 18.2 Å². The first-order valence-electron chi connectivity index (χ1n) is 24.4. The van der Waals surface area contributed by atoms with E-state index in [1.807, 2.05) is 30.3 Å². The molecule has 16 rings (SSSR count). The van der Waals surface area contributed by atoms with Gasteiger partial charge < -0.3 is 46.7 Å².